The largest absolute Gasteiger partial charge is 0.374 e. The van der Waals surface area contributed by atoms with Gasteiger partial charge >= 0.3 is 0 Å². The first-order valence-electron chi connectivity index (χ1n) is 6.63. The van der Waals surface area contributed by atoms with Crippen LogP contribution in [0.3, 0.4) is 0 Å². The highest BCUT2D eigenvalue weighted by molar-refractivity contribution is 7.18. The third-order valence-electron chi connectivity index (χ3n) is 4.96. The van der Waals surface area contributed by atoms with E-state index in [-0.39, 0.29) is 0 Å². The Kier molecular flexibility index (Phi) is 2.13. The van der Waals surface area contributed by atoms with Crippen LogP contribution in [0.2, 0.25) is 0 Å². The van der Waals surface area contributed by atoms with Gasteiger partial charge < -0.3 is 11.1 Å². The highest BCUT2D eigenvalue weighted by Crippen LogP contribution is 2.54. The molecule has 1 aromatic heterocycles. The molecule has 4 nitrogen and oxygen atoms in total. The van der Waals surface area contributed by atoms with Crippen LogP contribution in [-0.2, 0) is 0 Å². The molecular formula is C12H18N4S. The number of aromatic nitrogens is 2. The predicted molar refractivity (Wildman–Crippen MR) is 68.8 cm³/mol. The van der Waals surface area contributed by atoms with E-state index in [0.29, 0.717) is 11.2 Å². The van der Waals surface area contributed by atoms with Crippen molar-refractivity contribution in [2.75, 3.05) is 11.1 Å². The number of nitrogens with zero attached hydrogens (tertiary/aromatic N) is 2. The fourth-order valence-corrected chi connectivity index (χ4v) is 5.15. The van der Waals surface area contributed by atoms with Crippen LogP contribution in [0, 0.1) is 23.7 Å². The molecule has 0 spiro atoms. The van der Waals surface area contributed by atoms with E-state index in [9.17, 15) is 0 Å². The van der Waals surface area contributed by atoms with Crippen LogP contribution in [0.15, 0.2) is 0 Å². The minimum absolute atomic E-state index is 0.566. The van der Waals surface area contributed by atoms with E-state index >= 15 is 0 Å². The molecule has 92 valence electrons. The molecule has 1 heterocycles. The average molecular weight is 250 g/mol. The number of anilines is 2. The van der Waals surface area contributed by atoms with E-state index in [1.807, 2.05) is 0 Å². The molecule has 0 amide bonds. The Morgan fingerprint density at radius 2 is 1.65 bits per heavy atom. The highest BCUT2D eigenvalue weighted by Gasteiger charge is 2.48. The monoisotopic (exact) mass is 250 g/mol. The summed E-state index contributed by atoms with van der Waals surface area (Å²) in [5.41, 5.74) is 5.63. The number of hydrogen-bond donors (Lipinski definition) is 2. The third-order valence-corrected chi connectivity index (χ3v) is 5.64. The topological polar surface area (TPSA) is 63.8 Å². The Labute approximate surface area is 105 Å². The molecule has 0 saturated heterocycles. The van der Waals surface area contributed by atoms with Gasteiger partial charge in [0.25, 0.3) is 0 Å². The second-order valence-electron chi connectivity index (χ2n) is 6.05. The maximum atomic E-state index is 5.63. The molecule has 3 N–H and O–H groups in total. The Balaban J connectivity index is 1.54. The molecule has 4 bridgehead atoms. The van der Waals surface area contributed by atoms with Crippen molar-refractivity contribution in [2.45, 2.75) is 38.1 Å². The summed E-state index contributed by atoms with van der Waals surface area (Å²) in [4.78, 5) is 0. The van der Waals surface area contributed by atoms with Gasteiger partial charge in [0.15, 0.2) is 0 Å². The van der Waals surface area contributed by atoms with E-state index in [1.54, 1.807) is 0 Å². The van der Waals surface area contributed by atoms with Gasteiger partial charge in [-0.3, -0.25) is 0 Å². The van der Waals surface area contributed by atoms with Gasteiger partial charge in [-0.15, -0.1) is 10.2 Å². The Morgan fingerprint density at radius 1 is 1.00 bits per heavy atom. The highest BCUT2D eigenvalue weighted by atomic mass is 32.1. The van der Waals surface area contributed by atoms with Crippen LogP contribution in [0.4, 0.5) is 10.3 Å². The summed E-state index contributed by atoms with van der Waals surface area (Å²) in [6.07, 6.45) is 7.22. The first kappa shape index (κ1) is 10.1. The second kappa shape index (κ2) is 3.57. The van der Waals surface area contributed by atoms with Gasteiger partial charge in [-0.1, -0.05) is 11.3 Å². The lowest BCUT2D eigenvalue weighted by Crippen LogP contribution is -2.51. The number of hydrogen-bond acceptors (Lipinski definition) is 5. The van der Waals surface area contributed by atoms with Crippen LogP contribution in [-0.4, -0.2) is 16.2 Å². The molecule has 0 radical (unpaired) electrons. The third kappa shape index (κ3) is 1.63. The van der Waals surface area contributed by atoms with E-state index in [1.165, 1.54) is 43.4 Å². The molecule has 5 heteroatoms. The van der Waals surface area contributed by atoms with Crippen LogP contribution in [0.25, 0.3) is 0 Å². The van der Waals surface area contributed by atoms with Crippen LogP contribution >= 0.6 is 11.3 Å². The average Bonchev–Trinajstić information content (AvgIpc) is 2.68. The second-order valence-corrected chi connectivity index (χ2v) is 7.06. The summed E-state index contributed by atoms with van der Waals surface area (Å²) >= 11 is 1.48. The van der Waals surface area contributed by atoms with Crippen molar-refractivity contribution < 1.29 is 0 Å². The molecule has 17 heavy (non-hydrogen) atoms. The summed E-state index contributed by atoms with van der Waals surface area (Å²) in [5, 5.41) is 13.1. The van der Waals surface area contributed by atoms with Crippen molar-refractivity contribution in [2.24, 2.45) is 23.7 Å². The quantitative estimate of drug-likeness (QED) is 0.845. The van der Waals surface area contributed by atoms with Crippen molar-refractivity contribution in [3.8, 4) is 0 Å². The Bertz CT molecular complexity index is 402. The molecule has 0 unspecified atom stereocenters. The smallest absolute Gasteiger partial charge is 0.207 e. The van der Waals surface area contributed by atoms with Crippen molar-refractivity contribution in [3.05, 3.63) is 0 Å². The minimum atomic E-state index is 0.566. The zero-order chi connectivity index (χ0) is 11.4. The van der Waals surface area contributed by atoms with Gasteiger partial charge in [-0.2, -0.15) is 0 Å². The molecule has 0 aromatic carbocycles. The van der Waals surface area contributed by atoms with Gasteiger partial charge in [0.2, 0.25) is 10.3 Å². The first-order valence-corrected chi connectivity index (χ1v) is 7.45. The normalized spacial score (nSPS) is 42.9. The van der Waals surface area contributed by atoms with Crippen LogP contribution < -0.4 is 11.1 Å². The lowest BCUT2D eigenvalue weighted by atomic mass is 9.54. The van der Waals surface area contributed by atoms with Crippen molar-refractivity contribution in [1.29, 1.82) is 0 Å². The maximum Gasteiger partial charge on any atom is 0.207 e. The fourth-order valence-electron chi connectivity index (χ4n) is 4.60. The molecule has 1 aromatic rings. The molecule has 5 rings (SSSR count). The van der Waals surface area contributed by atoms with Crippen LogP contribution in [0.5, 0.6) is 0 Å². The standard InChI is InChI=1S/C12H18N4S/c13-11-15-16-12(17-11)14-10-8-2-6-1-7(4-8)5-9(10)3-6/h6-10H,1-5H2,(H2,13,15)(H,14,16). The summed E-state index contributed by atoms with van der Waals surface area (Å²) < 4.78 is 0. The summed E-state index contributed by atoms with van der Waals surface area (Å²) in [6.45, 7) is 0. The van der Waals surface area contributed by atoms with Crippen molar-refractivity contribution in [3.63, 3.8) is 0 Å². The van der Waals surface area contributed by atoms with Gasteiger partial charge in [-0.25, -0.2) is 0 Å². The first-order chi connectivity index (χ1) is 8.28. The molecule has 4 saturated carbocycles. The van der Waals surface area contributed by atoms with Gasteiger partial charge in [0.1, 0.15) is 0 Å². The zero-order valence-corrected chi connectivity index (χ0v) is 10.6. The van der Waals surface area contributed by atoms with Gasteiger partial charge in [-0.05, 0) is 55.8 Å². The minimum Gasteiger partial charge on any atom is -0.374 e. The summed E-state index contributed by atoms with van der Waals surface area (Å²) in [5.74, 6) is 3.79. The van der Waals surface area contributed by atoms with E-state index in [0.717, 1.165) is 28.8 Å². The zero-order valence-electron chi connectivity index (χ0n) is 9.80. The summed E-state index contributed by atoms with van der Waals surface area (Å²) in [6, 6.07) is 0.634. The summed E-state index contributed by atoms with van der Waals surface area (Å²) in [7, 11) is 0. The number of nitrogen functional groups attached to an aromatic ring is 1. The number of rotatable bonds is 2. The molecule has 4 aliphatic rings. The molecule has 0 aliphatic heterocycles. The van der Waals surface area contributed by atoms with Crippen molar-refractivity contribution in [1.82, 2.24) is 10.2 Å². The number of nitrogens with two attached hydrogens (primary N) is 1. The Morgan fingerprint density at radius 3 is 2.18 bits per heavy atom. The SMILES string of the molecule is Nc1nnc(NC2C3CC4CC(C3)CC2C4)s1. The molecule has 0 atom stereocenters. The maximum absolute atomic E-state index is 5.63. The van der Waals surface area contributed by atoms with Crippen LogP contribution in [0.1, 0.15) is 32.1 Å². The van der Waals surface area contributed by atoms with Gasteiger partial charge in [0.05, 0.1) is 0 Å². The number of nitrogens with one attached hydrogen (secondary N) is 1. The van der Waals surface area contributed by atoms with E-state index in [4.69, 9.17) is 5.73 Å². The Hall–Kier alpha value is -0.840. The fraction of sp³-hybridized carbons (Fsp3) is 0.833. The van der Waals surface area contributed by atoms with E-state index < -0.39 is 0 Å². The van der Waals surface area contributed by atoms with Crippen molar-refractivity contribution >= 4 is 21.6 Å². The van der Waals surface area contributed by atoms with Gasteiger partial charge in [0, 0.05) is 6.04 Å². The molecule has 4 aliphatic carbocycles. The van der Waals surface area contributed by atoms with E-state index in [2.05, 4.69) is 15.5 Å². The predicted octanol–water partition coefficient (Wildman–Crippen LogP) is 2.36. The molecule has 4 fully saturated rings. The molecular weight excluding hydrogens is 232 g/mol. The lowest BCUT2D eigenvalue weighted by Gasteiger charge is -2.54. The lowest BCUT2D eigenvalue weighted by molar-refractivity contribution is 0.00752.